The Labute approximate surface area is 96.9 Å². The van der Waals surface area contributed by atoms with Gasteiger partial charge in [0.1, 0.15) is 5.84 Å². The van der Waals surface area contributed by atoms with Crippen LogP contribution in [0.2, 0.25) is 0 Å². The maximum atomic E-state index is 11.9. The van der Waals surface area contributed by atoms with Gasteiger partial charge in [-0.1, -0.05) is 13.8 Å². The Kier molecular flexibility index (Phi) is 4.28. The number of nitrogens with two attached hydrogens (primary N) is 1. The average molecular weight is 248 g/mol. The zero-order chi connectivity index (χ0) is 12.3. The molecule has 1 saturated carbocycles. The molecule has 0 heterocycles. The van der Waals surface area contributed by atoms with Gasteiger partial charge in [-0.2, -0.15) is 17.4 Å². The number of rotatable bonds is 7. The van der Waals surface area contributed by atoms with E-state index in [2.05, 4.69) is 4.72 Å². The van der Waals surface area contributed by atoms with Gasteiger partial charge in [0, 0.05) is 13.1 Å². The summed E-state index contributed by atoms with van der Waals surface area (Å²) in [6.45, 7) is 4.40. The topological polar surface area (TPSA) is 99.3 Å². The number of hydrogen-bond donors (Lipinski definition) is 3. The molecule has 0 radical (unpaired) electrons. The predicted molar refractivity (Wildman–Crippen MR) is 63.4 cm³/mol. The van der Waals surface area contributed by atoms with Crippen molar-refractivity contribution in [2.75, 3.05) is 13.1 Å². The first-order valence-corrected chi connectivity index (χ1v) is 6.97. The molecule has 0 bridgehead atoms. The van der Waals surface area contributed by atoms with Crippen molar-refractivity contribution < 1.29 is 8.42 Å². The Morgan fingerprint density at radius 2 is 2.00 bits per heavy atom. The second-order valence-corrected chi connectivity index (χ2v) is 5.68. The van der Waals surface area contributed by atoms with Gasteiger partial charge in [-0.3, -0.25) is 5.41 Å². The minimum Gasteiger partial charge on any atom is -0.386 e. The van der Waals surface area contributed by atoms with Crippen LogP contribution in [0.3, 0.4) is 0 Å². The van der Waals surface area contributed by atoms with Gasteiger partial charge < -0.3 is 5.73 Å². The van der Waals surface area contributed by atoms with E-state index in [4.69, 9.17) is 11.1 Å². The minimum absolute atomic E-state index is 0.0989. The van der Waals surface area contributed by atoms with Crippen molar-refractivity contribution >= 4 is 16.0 Å². The highest BCUT2D eigenvalue weighted by Gasteiger charge is 2.37. The van der Waals surface area contributed by atoms with Gasteiger partial charge in [-0.25, -0.2) is 0 Å². The molecule has 1 rings (SSSR count). The van der Waals surface area contributed by atoms with Crippen LogP contribution in [-0.2, 0) is 10.2 Å². The van der Waals surface area contributed by atoms with Crippen molar-refractivity contribution in [2.45, 2.75) is 32.7 Å². The van der Waals surface area contributed by atoms with E-state index in [1.165, 1.54) is 4.31 Å². The Balaban J connectivity index is 2.72. The van der Waals surface area contributed by atoms with Crippen molar-refractivity contribution in [3.8, 4) is 0 Å². The van der Waals surface area contributed by atoms with E-state index in [0.29, 0.717) is 13.1 Å². The van der Waals surface area contributed by atoms with Crippen LogP contribution in [0, 0.1) is 11.3 Å². The van der Waals surface area contributed by atoms with Crippen LogP contribution in [-0.4, -0.2) is 37.7 Å². The first-order valence-electron chi connectivity index (χ1n) is 5.53. The summed E-state index contributed by atoms with van der Waals surface area (Å²) >= 11 is 0. The summed E-state index contributed by atoms with van der Waals surface area (Å²) in [5.41, 5.74) is 5.41. The largest absolute Gasteiger partial charge is 0.386 e. The molecule has 6 nitrogen and oxygen atoms in total. The average Bonchev–Trinajstić information content (AvgIpc) is 2.98. The fourth-order valence-corrected chi connectivity index (χ4v) is 3.11. The van der Waals surface area contributed by atoms with Crippen LogP contribution in [0.1, 0.15) is 26.7 Å². The Hall–Kier alpha value is -0.660. The maximum Gasteiger partial charge on any atom is 0.280 e. The van der Waals surface area contributed by atoms with Gasteiger partial charge in [0.25, 0.3) is 10.2 Å². The van der Waals surface area contributed by atoms with Crippen molar-refractivity contribution in [2.24, 2.45) is 11.7 Å². The van der Waals surface area contributed by atoms with Gasteiger partial charge in [0.05, 0.1) is 6.04 Å². The van der Waals surface area contributed by atoms with E-state index in [1.807, 2.05) is 0 Å². The molecule has 0 aromatic heterocycles. The molecule has 94 valence electrons. The first kappa shape index (κ1) is 13.4. The molecule has 1 aliphatic carbocycles. The van der Waals surface area contributed by atoms with Gasteiger partial charge in [0.15, 0.2) is 0 Å². The summed E-state index contributed by atoms with van der Waals surface area (Å²) in [5, 5.41) is 7.39. The van der Waals surface area contributed by atoms with E-state index < -0.39 is 16.3 Å². The SMILES string of the molecule is CCN(CC)S(=O)(=O)NC(C(=N)N)C1CC1. The zero-order valence-electron chi connectivity index (χ0n) is 9.73. The smallest absolute Gasteiger partial charge is 0.280 e. The van der Waals surface area contributed by atoms with Crippen molar-refractivity contribution in [3.63, 3.8) is 0 Å². The zero-order valence-corrected chi connectivity index (χ0v) is 10.5. The Bertz CT molecular complexity index is 347. The minimum atomic E-state index is -3.51. The van der Waals surface area contributed by atoms with E-state index in [1.54, 1.807) is 13.8 Å². The number of hydrogen-bond acceptors (Lipinski definition) is 3. The van der Waals surface area contributed by atoms with E-state index in [9.17, 15) is 8.42 Å². The summed E-state index contributed by atoms with van der Waals surface area (Å²) in [4.78, 5) is 0. The van der Waals surface area contributed by atoms with Crippen LogP contribution in [0.4, 0.5) is 0 Å². The maximum absolute atomic E-state index is 11.9. The fourth-order valence-electron chi connectivity index (χ4n) is 1.64. The fraction of sp³-hybridized carbons (Fsp3) is 0.889. The first-order chi connectivity index (χ1) is 7.42. The molecule has 1 unspecified atom stereocenters. The second kappa shape index (κ2) is 5.11. The third-order valence-corrected chi connectivity index (χ3v) is 4.50. The molecule has 0 aromatic carbocycles. The lowest BCUT2D eigenvalue weighted by Crippen LogP contribution is -2.51. The van der Waals surface area contributed by atoms with Gasteiger partial charge in [-0.15, -0.1) is 0 Å². The van der Waals surface area contributed by atoms with Crippen LogP contribution in [0.15, 0.2) is 0 Å². The molecule has 16 heavy (non-hydrogen) atoms. The van der Waals surface area contributed by atoms with Crippen LogP contribution < -0.4 is 10.5 Å². The summed E-state index contributed by atoms with van der Waals surface area (Å²) in [5.74, 6) is 0.0982. The molecule has 0 amide bonds. The molecular weight excluding hydrogens is 228 g/mol. The molecule has 1 atom stereocenters. The lowest BCUT2D eigenvalue weighted by atomic mass is 10.2. The number of amidine groups is 1. The van der Waals surface area contributed by atoms with Crippen LogP contribution in [0.5, 0.6) is 0 Å². The Morgan fingerprint density at radius 1 is 1.50 bits per heavy atom. The Morgan fingerprint density at radius 3 is 2.31 bits per heavy atom. The third kappa shape index (κ3) is 3.16. The highest BCUT2D eigenvalue weighted by molar-refractivity contribution is 7.87. The van der Waals surface area contributed by atoms with Crippen molar-refractivity contribution in [1.82, 2.24) is 9.03 Å². The van der Waals surface area contributed by atoms with Crippen LogP contribution >= 0.6 is 0 Å². The van der Waals surface area contributed by atoms with Crippen molar-refractivity contribution in [3.05, 3.63) is 0 Å². The second-order valence-electron chi connectivity index (χ2n) is 3.98. The summed E-state index contributed by atoms with van der Waals surface area (Å²) < 4.78 is 27.6. The standard InChI is InChI=1S/C9H20N4O2S/c1-3-13(4-2)16(14,15)12-8(9(10)11)7-5-6-7/h7-8,12H,3-6H2,1-2H3,(H3,10,11). The van der Waals surface area contributed by atoms with E-state index in [-0.39, 0.29) is 11.8 Å². The van der Waals surface area contributed by atoms with Crippen molar-refractivity contribution in [1.29, 1.82) is 5.41 Å². The molecule has 4 N–H and O–H groups in total. The number of nitrogens with one attached hydrogen (secondary N) is 2. The lowest BCUT2D eigenvalue weighted by Gasteiger charge is -2.23. The third-order valence-electron chi connectivity index (χ3n) is 2.75. The molecule has 0 aromatic rings. The molecule has 1 fully saturated rings. The molecular formula is C9H20N4O2S. The van der Waals surface area contributed by atoms with E-state index in [0.717, 1.165) is 12.8 Å². The highest BCUT2D eigenvalue weighted by atomic mass is 32.2. The molecule has 0 aliphatic heterocycles. The lowest BCUT2D eigenvalue weighted by molar-refractivity contribution is 0.429. The number of nitrogens with zero attached hydrogens (tertiary/aromatic N) is 1. The summed E-state index contributed by atoms with van der Waals surface area (Å²) in [7, 11) is -3.51. The predicted octanol–water partition coefficient (Wildman–Crippen LogP) is -0.123. The van der Waals surface area contributed by atoms with Gasteiger partial charge in [0.2, 0.25) is 0 Å². The van der Waals surface area contributed by atoms with E-state index >= 15 is 0 Å². The molecule has 0 spiro atoms. The summed E-state index contributed by atoms with van der Waals surface area (Å²) in [6, 6.07) is -0.536. The molecule has 1 aliphatic rings. The quantitative estimate of drug-likeness (QED) is 0.432. The highest BCUT2D eigenvalue weighted by Crippen LogP contribution is 2.33. The van der Waals surface area contributed by atoms with Gasteiger partial charge >= 0.3 is 0 Å². The molecule has 7 heteroatoms. The van der Waals surface area contributed by atoms with Crippen LogP contribution in [0.25, 0.3) is 0 Å². The summed E-state index contributed by atoms with van der Waals surface area (Å²) in [6.07, 6.45) is 1.87. The molecule has 0 saturated heterocycles. The monoisotopic (exact) mass is 248 g/mol. The normalized spacial score (nSPS) is 18.7. The van der Waals surface area contributed by atoms with Gasteiger partial charge in [-0.05, 0) is 18.8 Å².